The molecule has 2 amide bonds. The molecule has 1 fully saturated rings. The summed E-state index contributed by atoms with van der Waals surface area (Å²) in [5.74, 6) is 0.895. The molecule has 1 saturated heterocycles. The quantitative estimate of drug-likeness (QED) is 0.555. The van der Waals surface area contributed by atoms with Crippen molar-refractivity contribution in [3.63, 3.8) is 0 Å². The predicted molar refractivity (Wildman–Crippen MR) is 131 cm³/mol. The number of nitrogens with zero attached hydrogens (tertiary/aromatic N) is 2. The van der Waals surface area contributed by atoms with Gasteiger partial charge in [-0.25, -0.2) is 0 Å². The zero-order valence-corrected chi connectivity index (χ0v) is 19.4. The molecule has 6 heteroatoms. The number of aryl methyl sites for hydroxylation is 1. The molecule has 0 bridgehead atoms. The van der Waals surface area contributed by atoms with Gasteiger partial charge in [0, 0.05) is 24.3 Å². The Kier molecular flexibility index (Phi) is 5.97. The summed E-state index contributed by atoms with van der Waals surface area (Å²) in [5, 5.41) is 0. The van der Waals surface area contributed by atoms with Gasteiger partial charge in [0.25, 0.3) is 0 Å². The zero-order chi connectivity index (χ0) is 23.7. The van der Waals surface area contributed by atoms with Crippen molar-refractivity contribution in [1.82, 2.24) is 0 Å². The number of methoxy groups -OCH3 is 2. The van der Waals surface area contributed by atoms with Crippen molar-refractivity contribution < 1.29 is 19.1 Å². The Balaban J connectivity index is 1.55. The second-order valence-corrected chi connectivity index (χ2v) is 8.71. The molecule has 0 aliphatic carbocycles. The minimum atomic E-state index is -0.492. The normalized spacial score (nSPS) is 19.6. The van der Waals surface area contributed by atoms with Gasteiger partial charge in [-0.15, -0.1) is 0 Å². The molecule has 34 heavy (non-hydrogen) atoms. The summed E-state index contributed by atoms with van der Waals surface area (Å²) in [6.45, 7) is 0.665. The van der Waals surface area contributed by atoms with E-state index in [-0.39, 0.29) is 18.2 Å². The van der Waals surface area contributed by atoms with E-state index in [0.717, 1.165) is 35.5 Å². The van der Waals surface area contributed by atoms with Crippen molar-refractivity contribution in [3.05, 3.63) is 83.9 Å². The van der Waals surface area contributed by atoms with Gasteiger partial charge in [0.1, 0.15) is 11.5 Å². The van der Waals surface area contributed by atoms with Gasteiger partial charge >= 0.3 is 0 Å². The first-order valence-electron chi connectivity index (χ1n) is 11.6. The molecule has 5 rings (SSSR count). The summed E-state index contributed by atoms with van der Waals surface area (Å²) < 4.78 is 10.6. The molecule has 6 nitrogen and oxygen atoms in total. The van der Waals surface area contributed by atoms with Crippen LogP contribution in [-0.2, 0) is 16.0 Å². The molecule has 2 atom stereocenters. The topological polar surface area (TPSA) is 59.1 Å². The molecule has 0 spiro atoms. The lowest BCUT2D eigenvalue weighted by molar-refractivity contribution is -0.124. The van der Waals surface area contributed by atoms with E-state index in [1.54, 1.807) is 19.1 Å². The fourth-order valence-electron chi connectivity index (χ4n) is 5.15. The van der Waals surface area contributed by atoms with Gasteiger partial charge in [-0.1, -0.05) is 30.3 Å². The van der Waals surface area contributed by atoms with Gasteiger partial charge in [-0.3, -0.25) is 9.59 Å². The SMILES string of the molecule is COc1ccc([C@@H]2[C@@H](C(=O)N3CCCc4ccccc43)CC(=O)N2c2ccc(OC)cc2)cc1. The van der Waals surface area contributed by atoms with Gasteiger partial charge in [0.05, 0.1) is 26.2 Å². The van der Waals surface area contributed by atoms with Gasteiger partial charge in [0.2, 0.25) is 11.8 Å². The molecule has 0 aromatic heterocycles. The fourth-order valence-corrected chi connectivity index (χ4v) is 5.15. The number of benzene rings is 3. The number of fused-ring (bicyclic) bond motifs is 1. The predicted octanol–water partition coefficient (Wildman–Crippen LogP) is 4.78. The molecule has 0 radical (unpaired) electrons. The number of rotatable bonds is 5. The third-order valence-corrected chi connectivity index (χ3v) is 6.82. The highest BCUT2D eigenvalue weighted by molar-refractivity contribution is 6.06. The van der Waals surface area contributed by atoms with Crippen LogP contribution < -0.4 is 19.3 Å². The first kappa shape index (κ1) is 22.0. The molecule has 174 valence electrons. The van der Waals surface area contributed by atoms with Crippen LogP contribution in [0, 0.1) is 5.92 Å². The van der Waals surface area contributed by atoms with E-state index in [9.17, 15) is 9.59 Å². The maximum absolute atomic E-state index is 14.0. The molecule has 2 heterocycles. The summed E-state index contributed by atoms with van der Waals surface area (Å²) in [7, 11) is 3.24. The van der Waals surface area contributed by atoms with E-state index in [2.05, 4.69) is 6.07 Å². The van der Waals surface area contributed by atoms with Crippen molar-refractivity contribution in [2.45, 2.75) is 25.3 Å². The average Bonchev–Trinajstić information content (AvgIpc) is 3.24. The van der Waals surface area contributed by atoms with Crippen LogP contribution in [0.5, 0.6) is 11.5 Å². The Bertz CT molecular complexity index is 1190. The Hall–Kier alpha value is -3.80. The first-order valence-corrected chi connectivity index (χ1v) is 11.6. The maximum Gasteiger partial charge on any atom is 0.233 e. The van der Waals surface area contributed by atoms with Gasteiger partial charge in [0.15, 0.2) is 0 Å². The molecular weight excluding hydrogens is 428 g/mol. The van der Waals surface area contributed by atoms with E-state index in [1.165, 1.54) is 5.56 Å². The minimum absolute atomic E-state index is 0.00247. The molecule has 2 aliphatic rings. The van der Waals surface area contributed by atoms with Crippen LogP contribution in [0.2, 0.25) is 0 Å². The van der Waals surface area contributed by atoms with Crippen LogP contribution in [0.15, 0.2) is 72.8 Å². The molecule has 0 saturated carbocycles. The highest BCUT2D eigenvalue weighted by Gasteiger charge is 2.47. The van der Waals surface area contributed by atoms with Gasteiger partial charge < -0.3 is 19.3 Å². The van der Waals surface area contributed by atoms with E-state index in [0.29, 0.717) is 12.3 Å². The maximum atomic E-state index is 14.0. The Morgan fingerprint density at radius 3 is 2.21 bits per heavy atom. The van der Waals surface area contributed by atoms with E-state index in [1.807, 2.05) is 71.6 Å². The average molecular weight is 457 g/mol. The summed E-state index contributed by atoms with van der Waals surface area (Å²) in [6, 6.07) is 22.7. The van der Waals surface area contributed by atoms with E-state index >= 15 is 0 Å². The largest absolute Gasteiger partial charge is 0.497 e. The van der Waals surface area contributed by atoms with E-state index < -0.39 is 12.0 Å². The smallest absolute Gasteiger partial charge is 0.233 e. The van der Waals surface area contributed by atoms with Crippen LogP contribution in [0.1, 0.15) is 30.0 Å². The van der Waals surface area contributed by atoms with Crippen LogP contribution in [-0.4, -0.2) is 32.6 Å². The summed E-state index contributed by atoms with van der Waals surface area (Å²) in [4.78, 5) is 31.0. The second-order valence-electron chi connectivity index (χ2n) is 8.71. The van der Waals surface area contributed by atoms with E-state index in [4.69, 9.17) is 9.47 Å². The Morgan fingerprint density at radius 2 is 1.53 bits per heavy atom. The number of para-hydroxylation sites is 1. The molecule has 0 unspecified atom stereocenters. The number of amides is 2. The lowest BCUT2D eigenvalue weighted by Gasteiger charge is -2.34. The number of carbonyl (C=O) groups excluding carboxylic acids is 2. The summed E-state index contributed by atoms with van der Waals surface area (Å²) >= 11 is 0. The zero-order valence-electron chi connectivity index (χ0n) is 19.4. The molecule has 2 aliphatic heterocycles. The van der Waals surface area contributed by atoms with Crippen LogP contribution in [0.3, 0.4) is 0 Å². The highest BCUT2D eigenvalue weighted by Crippen LogP contribution is 2.44. The fraction of sp³-hybridized carbons (Fsp3) is 0.286. The second kappa shape index (κ2) is 9.21. The molecular formula is C28H28N2O4. The number of carbonyl (C=O) groups is 2. The summed E-state index contributed by atoms with van der Waals surface area (Å²) in [6.07, 6.45) is 2.04. The lowest BCUT2D eigenvalue weighted by Crippen LogP contribution is -2.41. The Labute approximate surface area is 199 Å². The summed E-state index contributed by atoms with van der Waals surface area (Å²) in [5.41, 5.74) is 3.80. The number of hydrogen-bond acceptors (Lipinski definition) is 4. The standard InChI is InChI=1S/C28H28N2O4/c1-33-22-13-9-20(10-14-22)27-24(18-26(31)30(27)21-11-15-23(34-2)16-12-21)28(32)29-17-5-7-19-6-3-4-8-25(19)29/h3-4,6,8-16,24,27H,5,7,17-18H2,1-2H3/t24-,27+/m0/s1. The minimum Gasteiger partial charge on any atom is -0.497 e. The van der Waals surface area contributed by atoms with Crippen molar-refractivity contribution in [1.29, 1.82) is 0 Å². The van der Waals surface area contributed by atoms with Crippen molar-refractivity contribution in [3.8, 4) is 11.5 Å². The van der Waals surface area contributed by atoms with Gasteiger partial charge in [-0.05, 0) is 66.4 Å². The first-order chi connectivity index (χ1) is 16.6. The van der Waals surface area contributed by atoms with Gasteiger partial charge in [-0.2, -0.15) is 0 Å². The molecule has 3 aromatic rings. The number of anilines is 2. The molecule has 0 N–H and O–H groups in total. The van der Waals surface area contributed by atoms with Crippen molar-refractivity contribution in [2.75, 3.05) is 30.6 Å². The van der Waals surface area contributed by atoms with Crippen molar-refractivity contribution in [2.24, 2.45) is 5.92 Å². The lowest BCUT2D eigenvalue weighted by atomic mass is 9.90. The molecule has 3 aromatic carbocycles. The van der Waals surface area contributed by atoms with Crippen LogP contribution >= 0.6 is 0 Å². The Morgan fingerprint density at radius 1 is 0.882 bits per heavy atom. The highest BCUT2D eigenvalue weighted by atomic mass is 16.5. The number of ether oxygens (including phenoxy) is 2. The monoisotopic (exact) mass is 456 g/mol. The van der Waals surface area contributed by atoms with Crippen molar-refractivity contribution >= 4 is 23.2 Å². The third kappa shape index (κ3) is 3.89. The number of hydrogen-bond donors (Lipinski definition) is 0. The van der Waals surface area contributed by atoms with Crippen LogP contribution in [0.4, 0.5) is 11.4 Å². The third-order valence-electron chi connectivity index (χ3n) is 6.82. The van der Waals surface area contributed by atoms with Crippen LogP contribution in [0.25, 0.3) is 0 Å².